The van der Waals surface area contributed by atoms with Crippen LogP contribution in [0, 0.1) is 0 Å². The molecule has 0 aliphatic carbocycles. The first-order chi connectivity index (χ1) is 12.2. The van der Waals surface area contributed by atoms with Crippen LogP contribution in [0.1, 0.15) is 5.56 Å². The number of amides is 2. The Morgan fingerprint density at radius 3 is 2.60 bits per heavy atom. The average molecular weight is 346 g/mol. The van der Waals surface area contributed by atoms with Gasteiger partial charge in [0.2, 0.25) is 5.91 Å². The monoisotopic (exact) mass is 346 g/mol. The fourth-order valence-corrected chi connectivity index (χ4v) is 3.12. The van der Waals surface area contributed by atoms with Gasteiger partial charge in [-0.25, -0.2) is 0 Å². The molecule has 2 amide bonds. The fraction of sp³-hybridized carbons (Fsp3) is 0.556. The van der Waals surface area contributed by atoms with E-state index in [2.05, 4.69) is 27.7 Å². The second-order valence-electron chi connectivity index (χ2n) is 6.42. The number of rotatable bonds is 5. The lowest BCUT2D eigenvalue weighted by molar-refractivity contribution is -0.139. The molecule has 136 valence electrons. The highest BCUT2D eigenvalue weighted by Gasteiger charge is 2.24. The fourth-order valence-electron chi connectivity index (χ4n) is 3.12. The summed E-state index contributed by atoms with van der Waals surface area (Å²) in [5.41, 5.74) is 1.29. The van der Waals surface area contributed by atoms with Crippen molar-refractivity contribution in [3.05, 3.63) is 35.9 Å². The van der Waals surface area contributed by atoms with Gasteiger partial charge >= 0.3 is 0 Å². The molecule has 7 nitrogen and oxygen atoms in total. The van der Waals surface area contributed by atoms with Crippen LogP contribution in [0.25, 0.3) is 0 Å². The summed E-state index contributed by atoms with van der Waals surface area (Å²) < 4.78 is 5.38. The molecule has 2 fully saturated rings. The van der Waals surface area contributed by atoms with Gasteiger partial charge in [0.1, 0.15) is 6.10 Å². The zero-order valence-corrected chi connectivity index (χ0v) is 14.4. The maximum Gasteiger partial charge on any atom is 0.250 e. The highest BCUT2D eigenvalue weighted by Crippen LogP contribution is 2.08. The summed E-state index contributed by atoms with van der Waals surface area (Å²) in [5.74, 6) is -0.250. The molecule has 2 heterocycles. The van der Waals surface area contributed by atoms with Crippen molar-refractivity contribution in [1.82, 2.24) is 20.4 Å². The molecule has 0 saturated carbocycles. The Morgan fingerprint density at radius 1 is 1.16 bits per heavy atom. The maximum atomic E-state index is 12.3. The molecule has 0 bridgehead atoms. The maximum absolute atomic E-state index is 12.3. The Bertz CT molecular complexity index is 567. The quantitative estimate of drug-likeness (QED) is 0.747. The Morgan fingerprint density at radius 2 is 1.92 bits per heavy atom. The second kappa shape index (κ2) is 8.94. The SMILES string of the molecule is O=C(NCC(=O)N1CCN(Cc2ccccc2)CC1)C1CNCCO1. The van der Waals surface area contributed by atoms with E-state index in [1.165, 1.54) is 5.56 Å². The van der Waals surface area contributed by atoms with E-state index in [1.54, 1.807) is 0 Å². The van der Waals surface area contributed by atoms with Crippen molar-refractivity contribution in [2.24, 2.45) is 0 Å². The van der Waals surface area contributed by atoms with Crippen LogP contribution in [0.15, 0.2) is 30.3 Å². The molecule has 0 aromatic heterocycles. The Labute approximate surface area is 148 Å². The molecule has 1 unspecified atom stereocenters. The van der Waals surface area contributed by atoms with E-state index in [0.717, 1.165) is 26.2 Å². The Balaban J connectivity index is 1.37. The number of ether oxygens (including phenoxy) is 1. The number of hydrogen-bond acceptors (Lipinski definition) is 5. The second-order valence-corrected chi connectivity index (χ2v) is 6.42. The molecule has 0 radical (unpaired) electrons. The predicted octanol–water partition coefficient (Wildman–Crippen LogP) is -0.565. The van der Waals surface area contributed by atoms with Crippen LogP contribution in [0.3, 0.4) is 0 Å². The number of piperazine rings is 1. The van der Waals surface area contributed by atoms with Crippen LogP contribution in [0.2, 0.25) is 0 Å². The van der Waals surface area contributed by atoms with Gasteiger partial charge in [-0.1, -0.05) is 30.3 Å². The van der Waals surface area contributed by atoms with Gasteiger partial charge in [0.25, 0.3) is 5.91 Å². The van der Waals surface area contributed by atoms with Crippen molar-refractivity contribution in [3.63, 3.8) is 0 Å². The van der Waals surface area contributed by atoms with Gasteiger partial charge in [-0.3, -0.25) is 14.5 Å². The van der Waals surface area contributed by atoms with Gasteiger partial charge in [-0.15, -0.1) is 0 Å². The van der Waals surface area contributed by atoms with Gasteiger partial charge in [-0.2, -0.15) is 0 Å². The lowest BCUT2D eigenvalue weighted by atomic mass is 10.2. The Hall–Kier alpha value is -1.96. The number of carbonyl (C=O) groups excluding carboxylic acids is 2. The summed E-state index contributed by atoms with van der Waals surface area (Å²) in [7, 11) is 0. The van der Waals surface area contributed by atoms with E-state index in [-0.39, 0.29) is 18.4 Å². The summed E-state index contributed by atoms with van der Waals surface area (Å²) in [6, 6.07) is 10.3. The van der Waals surface area contributed by atoms with Crippen LogP contribution in [-0.4, -0.2) is 80.1 Å². The number of nitrogens with one attached hydrogen (secondary N) is 2. The summed E-state index contributed by atoms with van der Waals surface area (Å²) in [6.45, 7) is 5.83. The van der Waals surface area contributed by atoms with Crippen molar-refractivity contribution in [1.29, 1.82) is 0 Å². The first-order valence-corrected chi connectivity index (χ1v) is 8.86. The Kier molecular flexibility index (Phi) is 6.38. The lowest BCUT2D eigenvalue weighted by Crippen LogP contribution is -2.53. The van der Waals surface area contributed by atoms with E-state index in [9.17, 15) is 9.59 Å². The molecule has 2 N–H and O–H groups in total. The third kappa shape index (κ3) is 5.26. The largest absolute Gasteiger partial charge is 0.366 e. The molecule has 2 aliphatic heterocycles. The van der Waals surface area contributed by atoms with E-state index < -0.39 is 6.10 Å². The van der Waals surface area contributed by atoms with Crippen LogP contribution in [-0.2, 0) is 20.9 Å². The molecule has 2 aliphatic rings. The molecular weight excluding hydrogens is 320 g/mol. The van der Waals surface area contributed by atoms with Crippen molar-refractivity contribution in [3.8, 4) is 0 Å². The molecule has 25 heavy (non-hydrogen) atoms. The standard InChI is InChI=1S/C18H26N4O3/c23-17(13-20-18(24)16-12-19-6-11-25-16)22-9-7-21(8-10-22)14-15-4-2-1-3-5-15/h1-5,16,19H,6-14H2,(H,20,24). The number of nitrogens with zero attached hydrogens (tertiary/aromatic N) is 2. The van der Waals surface area contributed by atoms with Crippen molar-refractivity contribution >= 4 is 11.8 Å². The molecule has 3 rings (SSSR count). The number of hydrogen-bond donors (Lipinski definition) is 2. The smallest absolute Gasteiger partial charge is 0.250 e. The van der Waals surface area contributed by atoms with Crippen molar-refractivity contribution in [2.45, 2.75) is 12.6 Å². The third-order valence-electron chi connectivity index (χ3n) is 4.61. The molecule has 1 aromatic carbocycles. The third-order valence-corrected chi connectivity index (χ3v) is 4.61. The van der Waals surface area contributed by atoms with Crippen LogP contribution in [0.5, 0.6) is 0 Å². The summed E-state index contributed by atoms with van der Waals surface area (Å²) in [5, 5.41) is 5.80. The van der Waals surface area contributed by atoms with Crippen LogP contribution >= 0.6 is 0 Å². The van der Waals surface area contributed by atoms with E-state index >= 15 is 0 Å². The zero-order chi connectivity index (χ0) is 17.5. The summed E-state index contributed by atoms with van der Waals surface area (Å²) in [6.07, 6.45) is -0.496. The summed E-state index contributed by atoms with van der Waals surface area (Å²) >= 11 is 0. The minimum atomic E-state index is -0.496. The van der Waals surface area contributed by atoms with Gasteiger partial charge in [0.15, 0.2) is 0 Å². The minimum absolute atomic E-state index is 0.0310. The van der Waals surface area contributed by atoms with Gasteiger partial charge in [0, 0.05) is 45.8 Å². The minimum Gasteiger partial charge on any atom is -0.366 e. The first-order valence-electron chi connectivity index (χ1n) is 8.86. The number of morpholine rings is 1. The van der Waals surface area contributed by atoms with Gasteiger partial charge < -0.3 is 20.3 Å². The molecular formula is C18H26N4O3. The van der Waals surface area contributed by atoms with Crippen LogP contribution in [0.4, 0.5) is 0 Å². The average Bonchev–Trinajstić information content (AvgIpc) is 2.68. The van der Waals surface area contributed by atoms with E-state index in [4.69, 9.17) is 4.74 Å². The van der Waals surface area contributed by atoms with Gasteiger partial charge in [-0.05, 0) is 5.56 Å². The lowest BCUT2D eigenvalue weighted by Gasteiger charge is -2.35. The predicted molar refractivity (Wildman–Crippen MR) is 93.9 cm³/mol. The van der Waals surface area contributed by atoms with Crippen LogP contribution < -0.4 is 10.6 Å². The van der Waals surface area contributed by atoms with E-state index in [0.29, 0.717) is 26.2 Å². The van der Waals surface area contributed by atoms with Gasteiger partial charge in [0.05, 0.1) is 13.2 Å². The molecule has 7 heteroatoms. The normalized spacial score (nSPS) is 21.8. The van der Waals surface area contributed by atoms with Crippen molar-refractivity contribution in [2.75, 3.05) is 52.4 Å². The highest BCUT2D eigenvalue weighted by atomic mass is 16.5. The molecule has 1 atom stereocenters. The first kappa shape index (κ1) is 17.8. The molecule has 2 saturated heterocycles. The van der Waals surface area contributed by atoms with E-state index in [1.807, 2.05) is 23.1 Å². The highest BCUT2D eigenvalue weighted by molar-refractivity contribution is 5.87. The topological polar surface area (TPSA) is 73.9 Å². The zero-order valence-electron chi connectivity index (χ0n) is 14.4. The molecule has 0 spiro atoms. The van der Waals surface area contributed by atoms with Crippen molar-refractivity contribution < 1.29 is 14.3 Å². The molecule has 1 aromatic rings. The number of benzene rings is 1. The number of carbonyl (C=O) groups is 2. The summed E-state index contributed by atoms with van der Waals surface area (Å²) in [4.78, 5) is 28.4.